The van der Waals surface area contributed by atoms with E-state index in [0.717, 1.165) is 23.4 Å². The van der Waals surface area contributed by atoms with Crippen LogP contribution in [0.25, 0.3) is 0 Å². The Bertz CT molecular complexity index is 1170. The number of halogens is 3. The fraction of sp³-hybridized carbons (Fsp3) is 0.0952. The van der Waals surface area contributed by atoms with Crippen molar-refractivity contribution in [3.63, 3.8) is 0 Å². The van der Waals surface area contributed by atoms with Crippen LogP contribution in [-0.2, 0) is 16.6 Å². The molecule has 0 aliphatic rings. The molecule has 156 valence electrons. The van der Waals surface area contributed by atoms with Gasteiger partial charge in [0.1, 0.15) is 6.61 Å². The number of benzene rings is 3. The molecule has 0 unspecified atom stereocenters. The van der Waals surface area contributed by atoms with Crippen LogP contribution in [0, 0.1) is 22.1 Å². The van der Waals surface area contributed by atoms with Crippen LogP contribution in [0.1, 0.15) is 16.7 Å². The minimum Gasteiger partial charge on any atom is -0.483 e. The lowest BCUT2D eigenvalue weighted by atomic mass is 10.2. The van der Waals surface area contributed by atoms with Crippen LogP contribution < -0.4 is 9.57 Å². The van der Waals surface area contributed by atoms with Gasteiger partial charge in [0.25, 0.3) is 10.0 Å². The summed E-state index contributed by atoms with van der Waals surface area (Å²) in [6.45, 7) is 1.84. The molecule has 0 saturated heterocycles. The van der Waals surface area contributed by atoms with E-state index in [1.807, 2.05) is 17.8 Å². The summed E-state index contributed by atoms with van der Waals surface area (Å²) in [5.41, 5.74) is 1.75. The van der Waals surface area contributed by atoms with Crippen molar-refractivity contribution in [3.05, 3.63) is 92.6 Å². The molecule has 0 spiro atoms. The zero-order valence-corrected chi connectivity index (χ0v) is 18.7. The van der Waals surface area contributed by atoms with E-state index in [-0.39, 0.29) is 20.6 Å². The van der Waals surface area contributed by atoms with E-state index in [4.69, 9.17) is 4.74 Å². The SMILES string of the molecule is Cc1ccc(S(=O)(=O)N/N=C/c2cc(F)c(OCc3ccccc3)c(F)c2I)cc1. The standard InChI is InChI=1S/C21H17F2IN2O3S/c1-14-7-9-17(10-8-14)30(27,28)26-25-12-16-11-18(22)21(19(23)20(16)24)29-13-15-5-3-2-4-6-15/h2-12,26H,13H2,1H3/b25-12+. The van der Waals surface area contributed by atoms with Crippen molar-refractivity contribution in [1.82, 2.24) is 4.83 Å². The maximum absolute atomic E-state index is 14.6. The Kier molecular flexibility index (Phi) is 7.03. The van der Waals surface area contributed by atoms with Crippen LogP contribution in [0.2, 0.25) is 0 Å². The summed E-state index contributed by atoms with van der Waals surface area (Å²) >= 11 is 1.69. The van der Waals surface area contributed by atoms with Crippen molar-refractivity contribution in [2.24, 2.45) is 5.10 Å². The van der Waals surface area contributed by atoms with Crippen molar-refractivity contribution in [1.29, 1.82) is 0 Å². The van der Waals surface area contributed by atoms with Gasteiger partial charge in [-0.25, -0.2) is 13.6 Å². The van der Waals surface area contributed by atoms with Crippen LogP contribution >= 0.6 is 22.6 Å². The predicted molar refractivity (Wildman–Crippen MR) is 119 cm³/mol. The van der Waals surface area contributed by atoms with Gasteiger partial charge in [-0.1, -0.05) is 48.0 Å². The number of aryl methyl sites for hydroxylation is 1. The van der Waals surface area contributed by atoms with Gasteiger partial charge in [-0.15, -0.1) is 0 Å². The molecule has 0 aromatic heterocycles. The van der Waals surface area contributed by atoms with E-state index in [9.17, 15) is 17.2 Å². The van der Waals surface area contributed by atoms with Crippen molar-refractivity contribution >= 4 is 38.8 Å². The Morgan fingerprint density at radius 1 is 1.10 bits per heavy atom. The molecule has 0 amide bonds. The van der Waals surface area contributed by atoms with Gasteiger partial charge in [-0.05, 0) is 53.3 Å². The van der Waals surface area contributed by atoms with E-state index in [2.05, 4.69) is 5.10 Å². The lowest BCUT2D eigenvalue weighted by Gasteiger charge is -2.11. The Balaban J connectivity index is 1.75. The van der Waals surface area contributed by atoms with Gasteiger partial charge in [0.15, 0.2) is 17.4 Å². The van der Waals surface area contributed by atoms with E-state index in [1.165, 1.54) is 12.1 Å². The summed E-state index contributed by atoms with van der Waals surface area (Å²) in [4.78, 5) is 2.06. The molecular weight excluding hydrogens is 525 g/mol. The number of rotatable bonds is 7. The third-order valence-electron chi connectivity index (χ3n) is 4.08. The highest BCUT2D eigenvalue weighted by Gasteiger charge is 2.18. The van der Waals surface area contributed by atoms with Gasteiger partial charge in [0.2, 0.25) is 0 Å². The molecule has 5 nitrogen and oxygen atoms in total. The number of hydrazone groups is 1. The van der Waals surface area contributed by atoms with Crippen LogP contribution in [-0.4, -0.2) is 14.6 Å². The summed E-state index contributed by atoms with van der Waals surface area (Å²) in [6, 6.07) is 16.2. The smallest absolute Gasteiger partial charge is 0.276 e. The van der Waals surface area contributed by atoms with Crippen LogP contribution in [0.4, 0.5) is 8.78 Å². The van der Waals surface area contributed by atoms with Gasteiger partial charge >= 0.3 is 0 Å². The minimum absolute atomic E-state index is 0.00848. The Morgan fingerprint density at radius 2 is 1.77 bits per heavy atom. The first-order valence-corrected chi connectivity index (χ1v) is 11.3. The first-order valence-electron chi connectivity index (χ1n) is 8.73. The molecule has 0 radical (unpaired) electrons. The molecule has 0 aliphatic heterocycles. The van der Waals surface area contributed by atoms with Crippen molar-refractivity contribution in [2.45, 2.75) is 18.4 Å². The van der Waals surface area contributed by atoms with Gasteiger partial charge < -0.3 is 4.74 Å². The first kappa shape index (κ1) is 22.2. The largest absolute Gasteiger partial charge is 0.483 e. The zero-order valence-electron chi connectivity index (χ0n) is 15.8. The highest BCUT2D eigenvalue weighted by molar-refractivity contribution is 14.1. The molecule has 0 atom stereocenters. The van der Waals surface area contributed by atoms with E-state index < -0.39 is 27.4 Å². The van der Waals surface area contributed by atoms with E-state index in [1.54, 1.807) is 59.0 Å². The van der Waals surface area contributed by atoms with Crippen molar-refractivity contribution in [2.75, 3.05) is 0 Å². The highest BCUT2D eigenvalue weighted by atomic mass is 127. The molecule has 1 N–H and O–H groups in total. The molecule has 3 aromatic rings. The van der Waals surface area contributed by atoms with Gasteiger partial charge in [-0.2, -0.15) is 13.5 Å². The number of hydrogen-bond donors (Lipinski definition) is 1. The van der Waals surface area contributed by atoms with Crippen molar-refractivity contribution in [3.8, 4) is 5.75 Å². The molecule has 0 saturated carbocycles. The van der Waals surface area contributed by atoms with E-state index in [0.29, 0.717) is 0 Å². The molecule has 9 heteroatoms. The Morgan fingerprint density at radius 3 is 2.43 bits per heavy atom. The summed E-state index contributed by atoms with van der Waals surface area (Å²) in [5.74, 6) is -2.29. The second-order valence-electron chi connectivity index (χ2n) is 6.34. The maximum atomic E-state index is 14.6. The molecular formula is C21H17F2IN2O3S. The molecule has 0 heterocycles. The number of nitrogens with one attached hydrogen (secondary N) is 1. The number of ether oxygens (including phenoxy) is 1. The second kappa shape index (κ2) is 9.52. The molecule has 3 aromatic carbocycles. The summed E-state index contributed by atoms with van der Waals surface area (Å²) in [6.07, 6.45) is 1.04. The maximum Gasteiger partial charge on any atom is 0.276 e. The quantitative estimate of drug-likeness (QED) is 0.203. The first-order chi connectivity index (χ1) is 14.3. The summed E-state index contributed by atoms with van der Waals surface area (Å²) in [7, 11) is -3.89. The lowest BCUT2D eigenvalue weighted by molar-refractivity contribution is 0.273. The van der Waals surface area contributed by atoms with Crippen LogP contribution in [0.3, 0.4) is 0 Å². The fourth-order valence-corrected chi connectivity index (χ4v) is 3.82. The normalized spacial score (nSPS) is 11.6. The Hall–Kier alpha value is -2.53. The average molecular weight is 542 g/mol. The predicted octanol–water partition coefficient (Wildman–Crippen LogP) is 4.77. The van der Waals surface area contributed by atoms with Gasteiger partial charge in [0, 0.05) is 5.56 Å². The molecule has 0 fully saturated rings. The average Bonchev–Trinajstić information content (AvgIpc) is 2.72. The summed E-state index contributed by atoms with van der Waals surface area (Å²) < 4.78 is 58.8. The molecule has 3 rings (SSSR count). The number of nitrogens with zero attached hydrogens (tertiary/aromatic N) is 1. The minimum atomic E-state index is -3.89. The third-order valence-corrected chi connectivity index (χ3v) is 6.41. The second-order valence-corrected chi connectivity index (χ2v) is 9.08. The monoisotopic (exact) mass is 542 g/mol. The van der Waals surface area contributed by atoms with Gasteiger partial charge in [0.05, 0.1) is 14.7 Å². The fourth-order valence-electron chi connectivity index (χ4n) is 2.49. The molecule has 30 heavy (non-hydrogen) atoms. The topological polar surface area (TPSA) is 67.8 Å². The number of hydrogen-bond acceptors (Lipinski definition) is 4. The van der Waals surface area contributed by atoms with Crippen LogP contribution in [0.15, 0.2) is 70.7 Å². The van der Waals surface area contributed by atoms with Gasteiger partial charge in [-0.3, -0.25) is 0 Å². The third kappa shape index (κ3) is 5.33. The number of sulfonamides is 1. The Labute approximate surface area is 187 Å². The lowest BCUT2D eigenvalue weighted by Crippen LogP contribution is -2.18. The highest BCUT2D eigenvalue weighted by Crippen LogP contribution is 2.29. The van der Waals surface area contributed by atoms with Crippen LogP contribution in [0.5, 0.6) is 5.75 Å². The molecule has 0 bridgehead atoms. The zero-order chi connectivity index (χ0) is 21.7. The molecule has 0 aliphatic carbocycles. The van der Waals surface area contributed by atoms with Crippen molar-refractivity contribution < 1.29 is 21.9 Å². The summed E-state index contributed by atoms with van der Waals surface area (Å²) in [5, 5.41) is 3.64. The van der Waals surface area contributed by atoms with E-state index >= 15 is 0 Å².